The van der Waals surface area contributed by atoms with Crippen LogP contribution in [-0.4, -0.2) is 40.3 Å². The van der Waals surface area contributed by atoms with Crippen LogP contribution in [0.5, 0.6) is 0 Å². The van der Waals surface area contributed by atoms with E-state index < -0.39 is 4.92 Å². The predicted octanol–water partition coefficient (Wildman–Crippen LogP) is 2.19. The van der Waals surface area contributed by atoms with E-state index in [0.29, 0.717) is 24.1 Å². The maximum atomic E-state index is 10.7. The van der Waals surface area contributed by atoms with Crippen LogP contribution in [0.3, 0.4) is 0 Å². The van der Waals surface area contributed by atoms with Gasteiger partial charge in [0.1, 0.15) is 5.15 Å². The summed E-state index contributed by atoms with van der Waals surface area (Å²) in [4.78, 5) is 17.8. The molecule has 0 aliphatic carbocycles. The van der Waals surface area contributed by atoms with E-state index in [0.717, 1.165) is 11.8 Å². The van der Waals surface area contributed by atoms with Crippen molar-refractivity contribution in [3.05, 3.63) is 51.2 Å². The van der Waals surface area contributed by atoms with Gasteiger partial charge in [-0.3, -0.25) is 10.1 Å². The van der Waals surface area contributed by atoms with Crippen LogP contribution in [-0.2, 0) is 6.54 Å². The van der Waals surface area contributed by atoms with Crippen LogP contribution >= 0.6 is 11.6 Å². The molecule has 6 nitrogen and oxygen atoms in total. The molecular formula is C12H17ClN4O2. The van der Waals surface area contributed by atoms with Gasteiger partial charge in [0.05, 0.1) is 4.92 Å². The third-order valence-corrected chi connectivity index (χ3v) is 2.77. The number of aromatic nitrogens is 1. The van der Waals surface area contributed by atoms with Gasteiger partial charge in [0.25, 0.3) is 6.20 Å². The van der Waals surface area contributed by atoms with Crippen molar-refractivity contribution in [1.82, 2.24) is 14.8 Å². The van der Waals surface area contributed by atoms with E-state index in [1.54, 1.807) is 31.3 Å². The largest absolute Gasteiger partial charge is 0.359 e. The van der Waals surface area contributed by atoms with Crippen molar-refractivity contribution < 1.29 is 4.92 Å². The molecule has 0 spiro atoms. The first-order valence-electron chi connectivity index (χ1n) is 5.82. The minimum Gasteiger partial charge on any atom is -0.359 e. The molecular weight excluding hydrogens is 268 g/mol. The molecule has 0 aliphatic heterocycles. The molecule has 19 heavy (non-hydrogen) atoms. The van der Waals surface area contributed by atoms with Gasteiger partial charge < -0.3 is 9.80 Å². The molecule has 1 aromatic heterocycles. The lowest BCUT2D eigenvalue weighted by Crippen LogP contribution is -2.31. The Morgan fingerprint density at radius 3 is 2.63 bits per heavy atom. The van der Waals surface area contributed by atoms with Crippen molar-refractivity contribution in [2.75, 3.05) is 20.6 Å². The van der Waals surface area contributed by atoms with Crippen LogP contribution in [0, 0.1) is 10.1 Å². The van der Waals surface area contributed by atoms with Gasteiger partial charge in [0.15, 0.2) is 5.82 Å². The van der Waals surface area contributed by atoms with E-state index in [2.05, 4.69) is 4.98 Å². The van der Waals surface area contributed by atoms with Crippen molar-refractivity contribution in [2.24, 2.45) is 0 Å². The van der Waals surface area contributed by atoms with Gasteiger partial charge >= 0.3 is 0 Å². The van der Waals surface area contributed by atoms with E-state index in [-0.39, 0.29) is 0 Å². The number of pyridine rings is 1. The Kier molecular flexibility index (Phi) is 5.57. The zero-order valence-electron chi connectivity index (χ0n) is 11.2. The average molecular weight is 285 g/mol. The lowest BCUT2D eigenvalue weighted by molar-refractivity contribution is -0.405. The van der Waals surface area contributed by atoms with E-state index in [4.69, 9.17) is 11.6 Å². The molecule has 7 heteroatoms. The van der Waals surface area contributed by atoms with Gasteiger partial charge in [-0.25, -0.2) is 4.98 Å². The maximum absolute atomic E-state index is 10.7. The summed E-state index contributed by atoms with van der Waals surface area (Å²) in [5.74, 6) is 0.544. The molecule has 0 saturated carbocycles. The molecule has 104 valence electrons. The summed E-state index contributed by atoms with van der Waals surface area (Å²) in [7, 11) is 3.55. The van der Waals surface area contributed by atoms with E-state index in [1.807, 2.05) is 17.9 Å². The number of hydrogen-bond acceptors (Lipinski definition) is 5. The molecule has 0 radical (unpaired) electrons. The molecule has 0 aromatic carbocycles. The Hall–Kier alpha value is -1.82. The summed E-state index contributed by atoms with van der Waals surface area (Å²) >= 11 is 5.73. The highest BCUT2D eigenvalue weighted by molar-refractivity contribution is 6.29. The number of hydrogen-bond donors (Lipinski definition) is 0. The highest BCUT2D eigenvalue weighted by atomic mass is 35.5. The normalized spacial score (nSPS) is 11.3. The number of nitro groups is 1. The first-order valence-corrected chi connectivity index (χ1v) is 6.19. The van der Waals surface area contributed by atoms with E-state index in [1.165, 1.54) is 0 Å². The zero-order chi connectivity index (χ0) is 14.4. The lowest BCUT2D eigenvalue weighted by atomic mass is 10.2. The van der Waals surface area contributed by atoms with Crippen LogP contribution in [0.1, 0.15) is 12.5 Å². The summed E-state index contributed by atoms with van der Waals surface area (Å²) < 4.78 is 0. The molecule has 0 atom stereocenters. The smallest absolute Gasteiger partial charge is 0.274 e. The molecule has 0 N–H and O–H groups in total. The minimum absolute atomic E-state index is 0.431. The molecule has 0 amide bonds. The Balaban J connectivity index is 2.92. The minimum atomic E-state index is -0.446. The molecule has 0 fully saturated rings. The summed E-state index contributed by atoms with van der Waals surface area (Å²) in [6, 6.07) is 3.56. The lowest BCUT2D eigenvalue weighted by Gasteiger charge is -2.28. The monoisotopic (exact) mass is 284 g/mol. The van der Waals surface area contributed by atoms with Gasteiger partial charge in [0, 0.05) is 33.4 Å². The quantitative estimate of drug-likeness (QED) is 0.455. The fraction of sp³-hybridized carbons (Fsp3) is 0.417. The Morgan fingerprint density at radius 1 is 1.53 bits per heavy atom. The fourth-order valence-corrected chi connectivity index (χ4v) is 1.76. The second-order valence-corrected chi connectivity index (χ2v) is 4.56. The van der Waals surface area contributed by atoms with Gasteiger partial charge in [-0.15, -0.1) is 0 Å². The van der Waals surface area contributed by atoms with Crippen molar-refractivity contribution >= 4 is 11.6 Å². The summed E-state index contributed by atoms with van der Waals surface area (Å²) in [5, 5.41) is 11.1. The molecule has 1 aromatic rings. The molecule has 1 rings (SSSR count). The number of rotatable bonds is 6. The molecule has 0 bridgehead atoms. The second-order valence-electron chi connectivity index (χ2n) is 4.17. The van der Waals surface area contributed by atoms with Crippen molar-refractivity contribution in [3.63, 3.8) is 0 Å². The van der Waals surface area contributed by atoms with Gasteiger partial charge in [-0.2, -0.15) is 0 Å². The Bertz CT molecular complexity index is 459. The topological polar surface area (TPSA) is 62.5 Å². The van der Waals surface area contributed by atoms with Crippen molar-refractivity contribution in [3.8, 4) is 0 Å². The Morgan fingerprint density at radius 2 is 2.21 bits per heavy atom. The van der Waals surface area contributed by atoms with Crippen LogP contribution in [0.25, 0.3) is 0 Å². The molecule has 0 saturated heterocycles. The average Bonchev–Trinajstić information content (AvgIpc) is 2.35. The van der Waals surface area contributed by atoms with Crippen LogP contribution in [0.4, 0.5) is 0 Å². The van der Waals surface area contributed by atoms with Gasteiger partial charge in [-0.05, 0) is 18.6 Å². The van der Waals surface area contributed by atoms with E-state index in [9.17, 15) is 10.1 Å². The van der Waals surface area contributed by atoms with Gasteiger partial charge in [-0.1, -0.05) is 17.7 Å². The second kappa shape index (κ2) is 6.94. The summed E-state index contributed by atoms with van der Waals surface area (Å²) in [6.07, 6.45) is 2.68. The summed E-state index contributed by atoms with van der Waals surface area (Å²) in [5.41, 5.74) is 0.947. The third kappa shape index (κ3) is 4.75. The van der Waals surface area contributed by atoms with Crippen LogP contribution in [0.2, 0.25) is 5.15 Å². The maximum Gasteiger partial charge on any atom is 0.274 e. The Labute approximate surface area is 117 Å². The molecule has 1 heterocycles. The van der Waals surface area contributed by atoms with E-state index >= 15 is 0 Å². The standard InChI is InChI=1S/C12H17ClN4O2/c1-4-16(12(15(2)3)9-17(18)19)8-10-5-6-11(13)14-7-10/h5-7,9H,4,8H2,1-3H3. The number of halogens is 1. The first kappa shape index (κ1) is 15.2. The SMILES string of the molecule is CCN(Cc1ccc(Cl)nc1)C(=C[N+](=O)[O-])N(C)C. The third-order valence-electron chi connectivity index (χ3n) is 2.55. The van der Waals surface area contributed by atoms with Crippen molar-refractivity contribution in [2.45, 2.75) is 13.5 Å². The number of nitrogens with zero attached hydrogens (tertiary/aromatic N) is 4. The highest BCUT2D eigenvalue weighted by Crippen LogP contribution is 2.13. The zero-order valence-corrected chi connectivity index (χ0v) is 12.0. The summed E-state index contributed by atoms with van der Waals surface area (Å²) in [6.45, 7) is 3.14. The van der Waals surface area contributed by atoms with Gasteiger partial charge in [0.2, 0.25) is 0 Å². The molecule has 0 aliphatic rings. The van der Waals surface area contributed by atoms with Crippen molar-refractivity contribution in [1.29, 1.82) is 0 Å². The predicted molar refractivity (Wildman–Crippen MR) is 74.1 cm³/mol. The first-order chi connectivity index (χ1) is 8.93. The van der Waals surface area contributed by atoms with Crippen LogP contribution in [0.15, 0.2) is 30.4 Å². The fourth-order valence-electron chi connectivity index (χ4n) is 1.65. The highest BCUT2D eigenvalue weighted by Gasteiger charge is 2.14. The molecule has 0 unspecified atom stereocenters. The van der Waals surface area contributed by atoms with Crippen LogP contribution < -0.4 is 0 Å².